The third kappa shape index (κ3) is 4.46. The number of ketones is 1. The van der Waals surface area contributed by atoms with Crippen LogP contribution in [-0.2, 0) is 14.4 Å². The van der Waals surface area contributed by atoms with Crippen LogP contribution >= 0.6 is 0 Å². The molecule has 0 bridgehead atoms. The first-order valence-electron chi connectivity index (χ1n) is 10.7. The number of carbonyl (C=O) groups excluding carboxylic acids is 3. The molecule has 8 nitrogen and oxygen atoms in total. The predicted octanol–water partition coefficient (Wildman–Crippen LogP) is 4.26. The number of benzene rings is 3. The molecular formula is C27H23NO7. The van der Waals surface area contributed by atoms with Crippen LogP contribution in [0.3, 0.4) is 0 Å². The quantitative estimate of drug-likeness (QED) is 0.188. The lowest BCUT2D eigenvalue weighted by atomic mass is 9.94. The molecule has 1 atom stereocenters. The Bertz CT molecular complexity index is 1330. The number of rotatable bonds is 6. The fourth-order valence-electron chi connectivity index (χ4n) is 4.04. The molecule has 35 heavy (non-hydrogen) atoms. The molecule has 8 heteroatoms. The van der Waals surface area contributed by atoms with Gasteiger partial charge in [0.2, 0.25) is 0 Å². The molecule has 3 aromatic rings. The molecular weight excluding hydrogens is 450 g/mol. The van der Waals surface area contributed by atoms with Gasteiger partial charge in [0.05, 0.1) is 31.4 Å². The van der Waals surface area contributed by atoms with Crippen molar-refractivity contribution in [1.82, 2.24) is 0 Å². The summed E-state index contributed by atoms with van der Waals surface area (Å²) in [5.74, 6) is -1.32. The Balaban J connectivity index is 1.93. The summed E-state index contributed by atoms with van der Waals surface area (Å²) in [4.78, 5) is 39.2. The Morgan fingerprint density at radius 3 is 2.26 bits per heavy atom. The van der Waals surface area contributed by atoms with Crippen LogP contribution in [0.4, 0.5) is 5.69 Å². The van der Waals surface area contributed by atoms with E-state index in [1.807, 2.05) is 0 Å². The second kappa shape index (κ2) is 9.72. The van der Waals surface area contributed by atoms with Crippen molar-refractivity contribution in [2.24, 2.45) is 0 Å². The third-order valence-electron chi connectivity index (χ3n) is 5.60. The molecule has 1 N–H and O–H groups in total. The Morgan fingerprint density at radius 2 is 1.60 bits per heavy atom. The topological polar surface area (TPSA) is 102 Å². The molecule has 178 valence electrons. The second-order valence-electron chi connectivity index (χ2n) is 7.73. The van der Waals surface area contributed by atoms with Crippen LogP contribution < -0.4 is 19.1 Å². The van der Waals surface area contributed by atoms with Crippen LogP contribution in [-0.4, -0.2) is 37.0 Å². The van der Waals surface area contributed by atoms with Crippen molar-refractivity contribution in [3.8, 4) is 17.2 Å². The molecule has 4 rings (SSSR count). The van der Waals surface area contributed by atoms with E-state index in [1.165, 1.54) is 26.0 Å². The van der Waals surface area contributed by atoms with Crippen molar-refractivity contribution < 1.29 is 33.7 Å². The van der Waals surface area contributed by atoms with Crippen molar-refractivity contribution >= 4 is 29.1 Å². The Labute approximate surface area is 202 Å². The van der Waals surface area contributed by atoms with E-state index in [2.05, 4.69) is 0 Å². The van der Waals surface area contributed by atoms with E-state index in [1.54, 1.807) is 72.8 Å². The lowest BCUT2D eigenvalue weighted by molar-refractivity contribution is -0.132. The normalized spacial score (nSPS) is 16.8. The summed E-state index contributed by atoms with van der Waals surface area (Å²) in [5, 5.41) is 11.3. The number of aliphatic hydroxyl groups excluding tert-OH is 1. The van der Waals surface area contributed by atoms with Gasteiger partial charge in [-0.25, -0.2) is 0 Å². The number of esters is 1. The first-order chi connectivity index (χ1) is 16.8. The number of para-hydroxylation sites is 1. The smallest absolute Gasteiger partial charge is 0.308 e. The molecule has 0 spiro atoms. The highest BCUT2D eigenvalue weighted by Gasteiger charge is 2.47. The summed E-state index contributed by atoms with van der Waals surface area (Å²) < 4.78 is 15.8. The van der Waals surface area contributed by atoms with Crippen molar-refractivity contribution in [3.05, 3.63) is 89.5 Å². The molecule has 1 unspecified atom stereocenters. The van der Waals surface area contributed by atoms with Gasteiger partial charge in [-0.2, -0.15) is 0 Å². The molecule has 1 aliphatic heterocycles. The number of carbonyl (C=O) groups is 3. The summed E-state index contributed by atoms with van der Waals surface area (Å²) in [7, 11) is 2.95. The summed E-state index contributed by atoms with van der Waals surface area (Å²) in [5.41, 5.74) is 1.13. The molecule has 0 aliphatic carbocycles. The number of hydrogen-bond donors (Lipinski definition) is 1. The van der Waals surface area contributed by atoms with Crippen LogP contribution in [0, 0.1) is 0 Å². The van der Waals surface area contributed by atoms with Gasteiger partial charge in [0, 0.05) is 18.7 Å². The van der Waals surface area contributed by atoms with Gasteiger partial charge in [-0.3, -0.25) is 19.3 Å². The summed E-state index contributed by atoms with van der Waals surface area (Å²) >= 11 is 0. The van der Waals surface area contributed by atoms with E-state index >= 15 is 0 Å². The highest BCUT2D eigenvalue weighted by molar-refractivity contribution is 6.51. The number of ether oxygens (including phenoxy) is 3. The monoisotopic (exact) mass is 473 g/mol. The molecule has 0 aromatic heterocycles. The Morgan fingerprint density at radius 1 is 0.886 bits per heavy atom. The first kappa shape index (κ1) is 23.6. The standard InChI is InChI=1S/C27H23NO7/c1-16(29)35-19-13-11-17(12-14-19)24-23(25(30)21-9-4-5-10-22(21)34-3)26(31)27(32)28(24)18-7-6-8-20(15-18)33-2/h4-15,24,30H,1-3H3/b25-23+. The maximum Gasteiger partial charge on any atom is 0.308 e. The summed E-state index contributed by atoms with van der Waals surface area (Å²) in [6.45, 7) is 1.29. The highest BCUT2D eigenvalue weighted by Crippen LogP contribution is 2.44. The second-order valence-corrected chi connectivity index (χ2v) is 7.73. The molecule has 1 saturated heterocycles. The van der Waals surface area contributed by atoms with Gasteiger partial charge in [-0.15, -0.1) is 0 Å². The minimum absolute atomic E-state index is 0.0949. The molecule has 1 fully saturated rings. The SMILES string of the molecule is COc1cccc(N2C(=O)C(=O)/C(=C(/O)c3ccccc3OC)C2c2ccc(OC(C)=O)cc2)c1. The third-order valence-corrected chi connectivity index (χ3v) is 5.60. The van der Waals surface area contributed by atoms with E-state index in [0.29, 0.717) is 28.5 Å². The molecule has 1 aliphatic rings. The molecule has 3 aromatic carbocycles. The molecule has 1 amide bonds. The van der Waals surface area contributed by atoms with Crippen molar-refractivity contribution in [1.29, 1.82) is 0 Å². The number of hydrogen-bond acceptors (Lipinski definition) is 7. The molecule has 0 saturated carbocycles. The van der Waals surface area contributed by atoms with Gasteiger partial charge < -0.3 is 19.3 Å². The number of nitrogens with zero attached hydrogens (tertiary/aromatic N) is 1. The number of Topliss-reactive ketones (excluding diaryl/α,β-unsaturated/α-hetero) is 1. The largest absolute Gasteiger partial charge is 0.507 e. The highest BCUT2D eigenvalue weighted by atomic mass is 16.5. The zero-order valence-electron chi connectivity index (χ0n) is 19.3. The van der Waals surface area contributed by atoms with Crippen molar-refractivity contribution in [2.45, 2.75) is 13.0 Å². The van der Waals surface area contributed by atoms with E-state index in [9.17, 15) is 19.5 Å². The zero-order chi connectivity index (χ0) is 25.1. The fourth-order valence-corrected chi connectivity index (χ4v) is 4.04. The minimum atomic E-state index is -0.960. The lowest BCUT2D eigenvalue weighted by Gasteiger charge is -2.26. The van der Waals surface area contributed by atoms with Gasteiger partial charge in [0.15, 0.2) is 0 Å². The maximum absolute atomic E-state index is 13.3. The van der Waals surface area contributed by atoms with Crippen molar-refractivity contribution in [2.75, 3.05) is 19.1 Å². The van der Waals surface area contributed by atoms with Crippen LogP contribution in [0.15, 0.2) is 78.4 Å². The minimum Gasteiger partial charge on any atom is -0.507 e. The lowest BCUT2D eigenvalue weighted by Crippen LogP contribution is -2.29. The average Bonchev–Trinajstić information content (AvgIpc) is 3.14. The van der Waals surface area contributed by atoms with Gasteiger partial charge in [-0.1, -0.05) is 30.3 Å². The maximum atomic E-state index is 13.3. The van der Waals surface area contributed by atoms with Crippen molar-refractivity contribution in [3.63, 3.8) is 0 Å². The number of methoxy groups -OCH3 is 2. The molecule has 1 heterocycles. The summed E-state index contributed by atoms with van der Waals surface area (Å²) in [6, 6.07) is 18.8. The Hall–Kier alpha value is -4.59. The zero-order valence-corrected chi connectivity index (χ0v) is 19.3. The van der Waals surface area contributed by atoms with E-state index in [4.69, 9.17) is 14.2 Å². The number of amides is 1. The van der Waals surface area contributed by atoms with E-state index in [0.717, 1.165) is 0 Å². The molecule has 0 radical (unpaired) electrons. The van der Waals surface area contributed by atoms with Crippen LogP contribution in [0.1, 0.15) is 24.1 Å². The number of anilines is 1. The van der Waals surface area contributed by atoms with E-state index in [-0.39, 0.29) is 16.9 Å². The fraction of sp³-hybridized carbons (Fsp3) is 0.148. The van der Waals surface area contributed by atoms with Gasteiger partial charge in [-0.05, 0) is 42.0 Å². The van der Waals surface area contributed by atoms with Gasteiger partial charge in [0.1, 0.15) is 23.0 Å². The first-order valence-corrected chi connectivity index (χ1v) is 10.7. The Kier molecular flexibility index (Phi) is 6.55. The average molecular weight is 473 g/mol. The van der Waals surface area contributed by atoms with Gasteiger partial charge >= 0.3 is 5.97 Å². The van der Waals surface area contributed by atoms with Crippen LogP contribution in [0.2, 0.25) is 0 Å². The van der Waals surface area contributed by atoms with Gasteiger partial charge in [0.25, 0.3) is 11.7 Å². The van der Waals surface area contributed by atoms with Crippen LogP contribution in [0.25, 0.3) is 5.76 Å². The summed E-state index contributed by atoms with van der Waals surface area (Å²) in [6.07, 6.45) is 0. The predicted molar refractivity (Wildman–Crippen MR) is 129 cm³/mol. The van der Waals surface area contributed by atoms with Crippen LogP contribution in [0.5, 0.6) is 17.2 Å². The van der Waals surface area contributed by atoms with E-state index < -0.39 is 23.7 Å². The number of aliphatic hydroxyl groups is 1.